The molecular formula is C49H29N5O. The zero-order chi connectivity index (χ0) is 36.0. The number of para-hydroxylation sites is 3. The van der Waals surface area contributed by atoms with E-state index in [1.165, 1.54) is 27.2 Å². The number of aromatic nitrogens is 5. The summed E-state index contributed by atoms with van der Waals surface area (Å²) in [4.78, 5) is 15.6. The number of nitrogens with zero attached hydrogens (tertiary/aromatic N) is 5. The average molecular weight is 704 g/mol. The standard InChI is InChI=1S/C49H29N5O/c1-2-13-31(14-3-1)47-50-48(32-23-26-44-39(28-32)46-34-15-5-4-12-30(34)22-27-45(46)55-44)52-49(51-47)54-42-21-11-8-18-37(42)38-29-33(24-25-43(38)54)53-40-19-9-6-16-35(40)36-17-7-10-20-41(36)53/h1-29H. The van der Waals surface area contributed by atoms with Gasteiger partial charge < -0.3 is 8.98 Å². The fraction of sp³-hybridized carbons (Fsp3) is 0. The molecular weight excluding hydrogens is 675 g/mol. The maximum atomic E-state index is 6.35. The molecule has 0 atom stereocenters. The van der Waals surface area contributed by atoms with Gasteiger partial charge >= 0.3 is 0 Å². The smallest absolute Gasteiger partial charge is 0.238 e. The summed E-state index contributed by atoms with van der Waals surface area (Å²) in [5.74, 6) is 1.76. The summed E-state index contributed by atoms with van der Waals surface area (Å²) in [5, 5.41) is 9.17. The highest BCUT2D eigenvalue weighted by molar-refractivity contribution is 6.19. The second kappa shape index (κ2) is 11.5. The van der Waals surface area contributed by atoms with E-state index in [2.05, 4.69) is 143 Å². The van der Waals surface area contributed by atoms with E-state index in [1.807, 2.05) is 42.5 Å². The van der Waals surface area contributed by atoms with Crippen LogP contribution in [0.3, 0.4) is 0 Å². The normalized spacial score (nSPS) is 12.0. The van der Waals surface area contributed by atoms with Gasteiger partial charge in [-0.05, 0) is 71.4 Å². The minimum Gasteiger partial charge on any atom is -0.456 e. The molecule has 0 amide bonds. The summed E-state index contributed by atoms with van der Waals surface area (Å²) in [7, 11) is 0. The quantitative estimate of drug-likeness (QED) is 0.183. The highest BCUT2D eigenvalue weighted by Gasteiger charge is 2.20. The second-order valence-electron chi connectivity index (χ2n) is 14.0. The maximum absolute atomic E-state index is 6.35. The van der Waals surface area contributed by atoms with Gasteiger partial charge in [0.25, 0.3) is 0 Å². The van der Waals surface area contributed by atoms with Crippen molar-refractivity contribution in [3.63, 3.8) is 0 Å². The first-order valence-corrected chi connectivity index (χ1v) is 18.4. The van der Waals surface area contributed by atoms with Crippen LogP contribution in [0.2, 0.25) is 0 Å². The second-order valence-corrected chi connectivity index (χ2v) is 14.0. The van der Waals surface area contributed by atoms with Crippen molar-refractivity contribution in [2.24, 2.45) is 0 Å². The zero-order valence-corrected chi connectivity index (χ0v) is 29.4. The van der Waals surface area contributed by atoms with Crippen LogP contribution in [-0.2, 0) is 0 Å². The van der Waals surface area contributed by atoms with Crippen LogP contribution in [0, 0.1) is 0 Å². The number of hydrogen-bond acceptors (Lipinski definition) is 4. The topological polar surface area (TPSA) is 61.7 Å². The predicted octanol–water partition coefficient (Wildman–Crippen LogP) is 12.5. The van der Waals surface area contributed by atoms with Crippen molar-refractivity contribution in [2.75, 3.05) is 0 Å². The SMILES string of the molecule is c1ccc(-c2nc(-c3ccc4oc5ccc6ccccc6c5c4c3)nc(-n3c4ccccc4c4cc(-n5c6ccccc6c6ccccc65)ccc43)n2)cc1. The number of benzene rings is 8. The molecule has 12 aromatic rings. The molecule has 0 aliphatic carbocycles. The Morgan fingerprint density at radius 1 is 0.364 bits per heavy atom. The molecule has 0 radical (unpaired) electrons. The lowest BCUT2D eigenvalue weighted by Gasteiger charge is -2.12. The van der Waals surface area contributed by atoms with Gasteiger partial charge in [-0.3, -0.25) is 4.57 Å². The molecule has 6 heteroatoms. The maximum Gasteiger partial charge on any atom is 0.238 e. The van der Waals surface area contributed by atoms with E-state index in [0.717, 1.165) is 65.9 Å². The molecule has 0 spiro atoms. The van der Waals surface area contributed by atoms with Gasteiger partial charge in [0.2, 0.25) is 5.95 Å². The van der Waals surface area contributed by atoms with Crippen LogP contribution in [0.25, 0.3) is 111 Å². The Morgan fingerprint density at radius 3 is 1.69 bits per heavy atom. The molecule has 8 aromatic carbocycles. The van der Waals surface area contributed by atoms with Crippen molar-refractivity contribution < 1.29 is 4.42 Å². The first-order chi connectivity index (χ1) is 27.3. The van der Waals surface area contributed by atoms with E-state index >= 15 is 0 Å². The molecule has 0 saturated heterocycles. The fourth-order valence-electron chi connectivity index (χ4n) is 8.51. The van der Waals surface area contributed by atoms with Crippen molar-refractivity contribution in [3.8, 4) is 34.4 Å². The molecule has 4 aromatic heterocycles. The Labute approximate surface area is 314 Å². The fourth-order valence-corrected chi connectivity index (χ4v) is 8.51. The molecule has 256 valence electrons. The monoisotopic (exact) mass is 703 g/mol. The number of hydrogen-bond donors (Lipinski definition) is 0. The predicted molar refractivity (Wildman–Crippen MR) is 224 cm³/mol. The molecule has 55 heavy (non-hydrogen) atoms. The first-order valence-electron chi connectivity index (χ1n) is 18.4. The van der Waals surface area contributed by atoms with E-state index in [9.17, 15) is 0 Å². The van der Waals surface area contributed by atoms with Gasteiger partial charge in [0.15, 0.2) is 11.6 Å². The summed E-state index contributed by atoms with van der Waals surface area (Å²) >= 11 is 0. The third-order valence-electron chi connectivity index (χ3n) is 11.0. The molecule has 4 heterocycles. The minimum absolute atomic E-state index is 0.558. The lowest BCUT2D eigenvalue weighted by molar-refractivity contribution is 0.669. The van der Waals surface area contributed by atoms with Gasteiger partial charge in [-0.15, -0.1) is 0 Å². The van der Waals surface area contributed by atoms with Gasteiger partial charge in [-0.25, -0.2) is 4.98 Å². The van der Waals surface area contributed by atoms with Crippen molar-refractivity contribution >= 4 is 76.3 Å². The third-order valence-corrected chi connectivity index (χ3v) is 11.0. The van der Waals surface area contributed by atoms with Gasteiger partial charge in [0, 0.05) is 49.1 Å². The van der Waals surface area contributed by atoms with E-state index in [-0.39, 0.29) is 0 Å². The van der Waals surface area contributed by atoms with E-state index in [0.29, 0.717) is 17.6 Å². The van der Waals surface area contributed by atoms with Gasteiger partial charge in [-0.2, -0.15) is 9.97 Å². The minimum atomic E-state index is 0.558. The third kappa shape index (κ3) is 4.46. The van der Waals surface area contributed by atoms with E-state index in [4.69, 9.17) is 19.4 Å². The molecule has 0 aliphatic rings. The Bertz CT molecular complexity index is 3450. The van der Waals surface area contributed by atoms with Gasteiger partial charge in [0.1, 0.15) is 11.2 Å². The lowest BCUT2D eigenvalue weighted by atomic mass is 10.0. The van der Waals surface area contributed by atoms with Crippen LogP contribution in [0.4, 0.5) is 0 Å². The van der Waals surface area contributed by atoms with Gasteiger partial charge in [-0.1, -0.05) is 115 Å². The zero-order valence-electron chi connectivity index (χ0n) is 29.4. The van der Waals surface area contributed by atoms with Crippen LogP contribution in [0.5, 0.6) is 0 Å². The van der Waals surface area contributed by atoms with Crippen molar-refractivity contribution in [1.29, 1.82) is 0 Å². The molecule has 0 saturated carbocycles. The summed E-state index contributed by atoms with van der Waals surface area (Å²) in [6, 6.07) is 61.5. The molecule has 6 nitrogen and oxygen atoms in total. The highest BCUT2D eigenvalue weighted by atomic mass is 16.3. The Hall–Kier alpha value is -7.57. The Morgan fingerprint density at radius 2 is 0.945 bits per heavy atom. The van der Waals surface area contributed by atoms with Crippen LogP contribution in [0.1, 0.15) is 0 Å². The molecule has 0 fully saturated rings. The van der Waals surface area contributed by atoms with E-state index < -0.39 is 0 Å². The van der Waals surface area contributed by atoms with Crippen molar-refractivity contribution in [3.05, 3.63) is 176 Å². The Balaban J connectivity index is 1.10. The average Bonchev–Trinajstić information content (AvgIpc) is 3.91. The molecule has 0 N–H and O–H groups in total. The number of rotatable bonds is 4. The van der Waals surface area contributed by atoms with Crippen molar-refractivity contribution in [1.82, 2.24) is 24.1 Å². The van der Waals surface area contributed by atoms with Crippen LogP contribution in [-0.4, -0.2) is 24.1 Å². The largest absolute Gasteiger partial charge is 0.456 e. The highest BCUT2D eigenvalue weighted by Crippen LogP contribution is 2.39. The summed E-state index contributed by atoms with van der Waals surface area (Å²) < 4.78 is 10.9. The van der Waals surface area contributed by atoms with E-state index in [1.54, 1.807) is 0 Å². The van der Waals surface area contributed by atoms with Crippen molar-refractivity contribution in [2.45, 2.75) is 0 Å². The van der Waals surface area contributed by atoms with Gasteiger partial charge in [0.05, 0.1) is 22.1 Å². The number of furan rings is 1. The molecule has 0 bridgehead atoms. The molecule has 12 rings (SSSR count). The summed E-state index contributed by atoms with van der Waals surface area (Å²) in [6.45, 7) is 0. The Kier molecular flexibility index (Phi) is 6.24. The summed E-state index contributed by atoms with van der Waals surface area (Å²) in [5.41, 5.74) is 8.99. The first kappa shape index (κ1) is 29.9. The lowest BCUT2D eigenvalue weighted by Crippen LogP contribution is -2.06. The van der Waals surface area contributed by atoms with Crippen LogP contribution >= 0.6 is 0 Å². The van der Waals surface area contributed by atoms with Crippen LogP contribution < -0.4 is 0 Å². The molecule has 0 aliphatic heterocycles. The molecule has 0 unspecified atom stereocenters. The number of fused-ring (bicyclic) bond motifs is 11. The summed E-state index contributed by atoms with van der Waals surface area (Å²) in [6.07, 6.45) is 0. The van der Waals surface area contributed by atoms with Crippen LogP contribution in [0.15, 0.2) is 180 Å².